The molecule has 0 unspecified atom stereocenters. The summed E-state index contributed by atoms with van der Waals surface area (Å²) in [6.45, 7) is 2.99. The van der Waals surface area contributed by atoms with Crippen LogP contribution >= 0.6 is 0 Å². The third-order valence-corrected chi connectivity index (χ3v) is 3.04. The van der Waals surface area contributed by atoms with Crippen LogP contribution in [0.3, 0.4) is 0 Å². The van der Waals surface area contributed by atoms with Crippen molar-refractivity contribution in [2.75, 3.05) is 13.7 Å². The third-order valence-electron chi connectivity index (χ3n) is 3.04. The van der Waals surface area contributed by atoms with Crippen molar-refractivity contribution in [1.29, 1.82) is 0 Å². The molecule has 0 spiro atoms. The maximum Gasteiger partial charge on any atom is 0.119 e. The summed E-state index contributed by atoms with van der Waals surface area (Å²) in [5, 5.41) is 2.36. The smallest absolute Gasteiger partial charge is 0.119 e. The Morgan fingerprint density at radius 2 is 1.61 bits per heavy atom. The Morgan fingerprint density at radius 3 is 2.33 bits per heavy atom. The second-order valence-electron chi connectivity index (χ2n) is 4.43. The van der Waals surface area contributed by atoms with E-state index in [0.717, 1.165) is 29.9 Å². The van der Waals surface area contributed by atoms with Crippen molar-refractivity contribution >= 4 is 10.8 Å². The lowest BCUT2D eigenvalue weighted by molar-refractivity contribution is 0.306. The van der Waals surface area contributed by atoms with Crippen LogP contribution in [0.2, 0.25) is 0 Å². The number of hydrogen-bond acceptors (Lipinski definition) is 2. The zero-order chi connectivity index (χ0) is 12.8. The number of hydrogen-bond donors (Lipinski definition) is 0. The summed E-state index contributed by atoms with van der Waals surface area (Å²) in [5.41, 5.74) is 0. The van der Waals surface area contributed by atoms with E-state index < -0.39 is 0 Å². The van der Waals surface area contributed by atoms with Gasteiger partial charge in [-0.1, -0.05) is 31.9 Å². The molecule has 0 aliphatic heterocycles. The van der Waals surface area contributed by atoms with Crippen molar-refractivity contribution in [3.05, 3.63) is 36.4 Å². The molecule has 18 heavy (non-hydrogen) atoms. The second kappa shape index (κ2) is 6.29. The van der Waals surface area contributed by atoms with Gasteiger partial charge in [0.2, 0.25) is 0 Å². The average molecular weight is 244 g/mol. The van der Waals surface area contributed by atoms with E-state index in [1.165, 1.54) is 18.2 Å². The molecule has 0 bridgehead atoms. The molecule has 2 nitrogen and oxygen atoms in total. The summed E-state index contributed by atoms with van der Waals surface area (Å²) in [6.07, 6.45) is 3.56. The molecule has 0 fully saturated rings. The highest BCUT2D eigenvalue weighted by molar-refractivity contribution is 5.85. The molecule has 0 aliphatic rings. The van der Waals surface area contributed by atoms with Gasteiger partial charge in [0.25, 0.3) is 0 Å². The lowest BCUT2D eigenvalue weighted by atomic mass is 10.1. The largest absolute Gasteiger partial charge is 0.497 e. The molecule has 0 saturated heterocycles. The fraction of sp³-hybridized carbons (Fsp3) is 0.375. The Hall–Kier alpha value is -1.70. The predicted molar refractivity (Wildman–Crippen MR) is 75.5 cm³/mol. The summed E-state index contributed by atoms with van der Waals surface area (Å²) >= 11 is 0. The summed E-state index contributed by atoms with van der Waals surface area (Å²) in [4.78, 5) is 0. The van der Waals surface area contributed by atoms with E-state index in [9.17, 15) is 0 Å². The number of methoxy groups -OCH3 is 1. The van der Waals surface area contributed by atoms with Gasteiger partial charge >= 0.3 is 0 Å². The van der Waals surface area contributed by atoms with Crippen molar-refractivity contribution in [3.8, 4) is 11.5 Å². The van der Waals surface area contributed by atoms with E-state index in [-0.39, 0.29) is 0 Å². The van der Waals surface area contributed by atoms with E-state index in [0.29, 0.717) is 0 Å². The molecule has 2 heteroatoms. The van der Waals surface area contributed by atoms with Crippen LogP contribution < -0.4 is 9.47 Å². The van der Waals surface area contributed by atoms with E-state index in [1.807, 2.05) is 18.2 Å². The number of fused-ring (bicyclic) bond motifs is 1. The molecule has 0 heterocycles. The lowest BCUT2D eigenvalue weighted by Crippen LogP contribution is -1.96. The SMILES string of the molecule is CCCCCOc1ccc2ccc(OC)cc2c1. The van der Waals surface area contributed by atoms with E-state index in [2.05, 4.69) is 25.1 Å². The summed E-state index contributed by atoms with van der Waals surface area (Å²) < 4.78 is 11.0. The van der Waals surface area contributed by atoms with E-state index in [4.69, 9.17) is 9.47 Å². The minimum absolute atomic E-state index is 0.795. The number of benzene rings is 2. The molecule has 0 aliphatic carbocycles. The number of ether oxygens (including phenoxy) is 2. The van der Waals surface area contributed by atoms with Crippen LogP contribution in [0.15, 0.2) is 36.4 Å². The van der Waals surface area contributed by atoms with Crippen molar-refractivity contribution in [2.24, 2.45) is 0 Å². The Labute approximate surface area is 109 Å². The molecule has 0 aromatic heterocycles. The molecule has 2 aromatic rings. The molecular weight excluding hydrogens is 224 g/mol. The van der Waals surface area contributed by atoms with Gasteiger partial charge < -0.3 is 9.47 Å². The van der Waals surface area contributed by atoms with Gasteiger partial charge in [0.15, 0.2) is 0 Å². The topological polar surface area (TPSA) is 18.5 Å². The lowest BCUT2D eigenvalue weighted by Gasteiger charge is -2.08. The highest BCUT2D eigenvalue weighted by atomic mass is 16.5. The van der Waals surface area contributed by atoms with Crippen LogP contribution in [0, 0.1) is 0 Å². The van der Waals surface area contributed by atoms with Crippen molar-refractivity contribution < 1.29 is 9.47 Å². The van der Waals surface area contributed by atoms with Crippen LogP contribution in [0.5, 0.6) is 11.5 Å². The van der Waals surface area contributed by atoms with Gasteiger partial charge in [0.1, 0.15) is 11.5 Å². The van der Waals surface area contributed by atoms with E-state index in [1.54, 1.807) is 7.11 Å². The first-order chi connectivity index (χ1) is 8.83. The van der Waals surface area contributed by atoms with Crippen molar-refractivity contribution in [1.82, 2.24) is 0 Å². The molecule has 0 amide bonds. The average Bonchev–Trinajstić information content (AvgIpc) is 2.42. The van der Waals surface area contributed by atoms with Gasteiger partial charge in [-0.2, -0.15) is 0 Å². The molecule has 2 rings (SSSR count). The van der Waals surface area contributed by atoms with Gasteiger partial charge in [-0.3, -0.25) is 0 Å². The zero-order valence-electron chi connectivity index (χ0n) is 11.1. The Morgan fingerprint density at radius 1 is 0.889 bits per heavy atom. The van der Waals surface area contributed by atoms with Crippen LogP contribution in [0.25, 0.3) is 10.8 Å². The number of rotatable bonds is 6. The predicted octanol–water partition coefficient (Wildman–Crippen LogP) is 4.42. The van der Waals surface area contributed by atoms with Gasteiger partial charge in [-0.25, -0.2) is 0 Å². The molecule has 0 atom stereocenters. The van der Waals surface area contributed by atoms with Crippen LogP contribution in [0.4, 0.5) is 0 Å². The highest BCUT2D eigenvalue weighted by Crippen LogP contribution is 2.25. The van der Waals surface area contributed by atoms with E-state index >= 15 is 0 Å². The first kappa shape index (κ1) is 12.7. The van der Waals surface area contributed by atoms with Crippen LogP contribution in [0.1, 0.15) is 26.2 Å². The normalized spacial score (nSPS) is 10.6. The highest BCUT2D eigenvalue weighted by Gasteiger charge is 1.99. The maximum absolute atomic E-state index is 5.75. The van der Waals surface area contributed by atoms with Crippen molar-refractivity contribution in [2.45, 2.75) is 26.2 Å². The molecule has 0 radical (unpaired) electrons. The van der Waals surface area contributed by atoms with Gasteiger partial charge in [0, 0.05) is 0 Å². The van der Waals surface area contributed by atoms with Gasteiger partial charge in [0.05, 0.1) is 13.7 Å². The van der Waals surface area contributed by atoms with Gasteiger partial charge in [-0.15, -0.1) is 0 Å². The third kappa shape index (κ3) is 3.16. The monoisotopic (exact) mass is 244 g/mol. The van der Waals surface area contributed by atoms with Crippen LogP contribution in [-0.4, -0.2) is 13.7 Å². The standard InChI is InChI=1S/C16H20O2/c1-3-4-5-10-18-16-9-7-13-6-8-15(17-2)11-14(13)12-16/h6-9,11-12H,3-5,10H2,1-2H3. The summed E-state index contributed by atoms with van der Waals surface area (Å²) in [5.74, 6) is 1.82. The molecular formula is C16H20O2. The summed E-state index contributed by atoms with van der Waals surface area (Å²) in [7, 11) is 1.69. The Kier molecular flexibility index (Phi) is 4.46. The molecule has 2 aromatic carbocycles. The Balaban J connectivity index is 2.10. The molecule has 0 N–H and O–H groups in total. The molecule has 0 saturated carbocycles. The second-order valence-corrected chi connectivity index (χ2v) is 4.43. The first-order valence-corrected chi connectivity index (χ1v) is 6.54. The van der Waals surface area contributed by atoms with Gasteiger partial charge in [-0.05, 0) is 41.5 Å². The Bertz CT molecular complexity index is 505. The minimum atomic E-state index is 0.795. The van der Waals surface area contributed by atoms with Crippen molar-refractivity contribution in [3.63, 3.8) is 0 Å². The first-order valence-electron chi connectivity index (χ1n) is 6.54. The molecule has 96 valence electrons. The van der Waals surface area contributed by atoms with Crippen LogP contribution in [-0.2, 0) is 0 Å². The minimum Gasteiger partial charge on any atom is -0.497 e. The fourth-order valence-electron chi connectivity index (χ4n) is 1.96. The zero-order valence-corrected chi connectivity index (χ0v) is 11.1. The fourth-order valence-corrected chi connectivity index (χ4v) is 1.96. The summed E-state index contributed by atoms with van der Waals surface area (Å²) in [6, 6.07) is 12.3. The quantitative estimate of drug-likeness (QED) is 0.700. The maximum atomic E-state index is 5.75. The number of unbranched alkanes of at least 4 members (excludes halogenated alkanes) is 2.